The summed E-state index contributed by atoms with van der Waals surface area (Å²) in [6, 6.07) is 1.82. The molecule has 0 amide bonds. The summed E-state index contributed by atoms with van der Waals surface area (Å²) in [6.07, 6.45) is 0.00778. The van der Waals surface area contributed by atoms with Crippen LogP contribution in [0.4, 0.5) is 0 Å². The van der Waals surface area contributed by atoms with Crippen LogP contribution >= 0.6 is 11.3 Å². The van der Waals surface area contributed by atoms with E-state index in [1.165, 1.54) is 11.3 Å². The smallest absolute Gasteiger partial charge is 0.372 e. The third-order valence-electron chi connectivity index (χ3n) is 1.36. The molecule has 0 saturated carbocycles. The van der Waals surface area contributed by atoms with Gasteiger partial charge in [-0.2, -0.15) is 0 Å². The Bertz CT molecular complexity index is 314. The molecule has 0 aliphatic carbocycles. The Morgan fingerprint density at radius 2 is 2.25 bits per heavy atom. The van der Waals surface area contributed by atoms with E-state index in [4.69, 9.17) is 5.11 Å². The second-order valence-corrected chi connectivity index (χ2v) is 3.49. The van der Waals surface area contributed by atoms with E-state index in [-0.39, 0.29) is 6.42 Å². The topological polar surface area (TPSA) is 54.4 Å². The summed E-state index contributed by atoms with van der Waals surface area (Å²) in [7, 11) is 0. The zero-order chi connectivity index (χ0) is 9.14. The normalized spacial score (nSPS) is 9.75. The highest BCUT2D eigenvalue weighted by Crippen LogP contribution is 2.14. The molecule has 0 atom stereocenters. The predicted molar refractivity (Wildman–Crippen MR) is 45.4 cm³/mol. The molecule has 3 nitrogen and oxygen atoms in total. The van der Waals surface area contributed by atoms with Gasteiger partial charge >= 0.3 is 5.97 Å². The maximum Gasteiger partial charge on any atom is 0.372 e. The van der Waals surface area contributed by atoms with Crippen molar-refractivity contribution in [2.24, 2.45) is 0 Å². The van der Waals surface area contributed by atoms with Crippen LogP contribution in [-0.2, 0) is 16.0 Å². The van der Waals surface area contributed by atoms with Crippen molar-refractivity contribution >= 4 is 23.1 Å². The molecule has 1 aromatic rings. The minimum absolute atomic E-state index is 0.00778. The minimum Gasteiger partial charge on any atom is -0.475 e. The Hall–Kier alpha value is -1.16. The first kappa shape index (κ1) is 8.93. The zero-order valence-electron chi connectivity index (χ0n) is 6.53. The molecule has 0 fully saturated rings. The number of aliphatic carboxylic acids is 1. The van der Waals surface area contributed by atoms with Crippen molar-refractivity contribution < 1.29 is 14.7 Å². The van der Waals surface area contributed by atoms with E-state index in [1.807, 2.05) is 18.4 Å². The number of hydrogen-bond donors (Lipinski definition) is 1. The lowest BCUT2D eigenvalue weighted by atomic mass is 10.2. The zero-order valence-corrected chi connectivity index (χ0v) is 7.35. The number of Topliss-reactive ketones (excluding diaryl/α,β-unsaturated/α-hetero) is 1. The van der Waals surface area contributed by atoms with Gasteiger partial charge in [-0.1, -0.05) is 0 Å². The molecule has 64 valence electrons. The van der Waals surface area contributed by atoms with Crippen molar-refractivity contribution in [3.05, 3.63) is 21.9 Å². The number of carboxylic acid groups (broad SMARTS) is 1. The second kappa shape index (κ2) is 3.49. The number of carbonyl (C=O) groups is 2. The lowest BCUT2D eigenvalue weighted by Crippen LogP contribution is -2.14. The first-order valence-corrected chi connectivity index (χ1v) is 4.27. The SMILES string of the molecule is Cc1csc(CC(=O)C(=O)O)c1. The monoisotopic (exact) mass is 184 g/mol. The van der Waals surface area contributed by atoms with Gasteiger partial charge in [0.25, 0.3) is 0 Å². The van der Waals surface area contributed by atoms with E-state index in [0.717, 1.165) is 10.4 Å². The van der Waals surface area contributed by atoms with Crippen LogP contribution in [0.15, 0.2) is 11.4 Å². The third-order valence-corrected chi connectivity index (χ3v) is 2.41. The van der Waals surface area contributed by atoms with Gasteiger partial charge in [-0.05, 0) is 23.9 Å². The number of carbonyl (C=O) groups excluding carboxylic acids is 1. The summed E-state index contributed by atoms with van der Waals surface area (Å²) in [5.74, 6) is -2.11. The summed E-state index contributed by atoms with van der Waals surface area (Å²) in [6.45, 7) is 1.91. The van der Waals surface area contributed by atoms with Crippen LogP contribution < -0.4 is 0 Å². The molecule has 12 heavy (non-hydrogen) atoms. The van der Waals surface area contributed by atoms with Crippen LogP contribution in [0.3, 0.4) is 0 Å². The molecular formula is C8H8O3S. The molecule has 1 N–H and O–H groups in total. The summed E-state index contributed by atoms with van der Waals surface area (Å²) in [5, 5.41) is 10.2. The molecule has 1 rings (SSSR count). The van der Waals surface area contributed by atoms with Gasteiger partial charge in [-0.25, -0.2) is 4.79 Å². The molecule has 0 aliphatic heterocycles. The second-order valence-electron chi connectivity index (χ2n) is 2.50. The van der Waals surface area contributed by atoms with Gasteiger partial charge in [0.2, 0.25) is 5.78 Å². The molecule has 1 heterocycles. The highest BCUT2D eigenvalue weighted by atomic mass is 32.1. The largest absolute Gasteiger partial charge is 0.475 e. The van der Waals surface area contributed by atoms with Crippen LogP contribution in [-0.4, -0.2) is 16.9 Å². The Kier molecular flexibility index (Phi) is 2.60. The number of ketones is 1. The van der Waals surface area contributed by atoms with Gasteiger partial charge in [0.05, 0.1) is 6.42 Å². The van der Waals surface area contributed by atoms with Crippen molar-refractivity contribution in [3.63, 3.8) is 0 Å². The van der Waals surface area contributed by atoms with Crippen LogP contribution in [0.25, 0.3) is 0 Å². The van der Waals surface area contributed by atoms with E-state index < -0.39 is 11.8 Å². The fourth-order valence-corrected chi connectivity index (χ4v) is 1.69. The van der Waals surface area contributed by atoms with E-state index >= 15 is 0 Å². The van der Waals surface area contributed by atoms with Crippen molar-refractivity contribution in [2.75, 3.05) is 0 Å². The summed E-state index contributed by atoms with van der Waals surface area (Å²) in [5.41, 5.74) is 1.06. The van der Waals surface area contributed by atoms with Crippen LogP contribution in [0.5, 0.6) is 0 Å². The van der Waals surface area contributed by atoms with E-state index in [2.05, 4.69) is 0 Å². The van der Waals surface area contributed by atoms with Crippen molar-refractivity contribution in [1.82, 2.24) is 0 Å². The number of hydrogen-bond acceptors (Lipinski definition) is 3. The van der Waals surface area contributed by atoms with Gasteiger partial charge in [0.1, 0.15) is 0 Å². The molecule has 0 aromatic carbocycles. The molecule has 0 bridgehead atoms. The molecule has 0 saturated heterocycles. The number of rotatable bonds is 3. The van der Waals surface area contributed by atoms with Crippen LogP contribution in [0.2, 0.25) is 0 Å². The number of thiophene rings is 1. The summed E-state index contributed by atoms with van der Waals surface area (Å²) >= 11 is 1.41. The third kappa shape index (κ3) is 2.17. The number of aryl methyl sites for hydroxylation is 1. The van der Waals surface area contributed by atoms with Crippen molar-refractivity contribution in [1.29, 1.82) is 0 Å². The molecule has 0 unspecified atom stereocenters. The Labute approximate surface area is 73.6 Å². The molecule has 0 aliphatic rings. The van der Waals surface area contributed by atoms with E-state index in [0.29, 0.717) is 0 Å². The van der Waals surface area contributed by atoms with Crippen LogP contribution in [0.1, 0.15) is 10.4 Å². The molecule has 4 heteroatoms. The fraction of sp³-hybridized carbons (Fsp3) is 0.250. The standard InChI is InChI=1S/C8H8O3S/c1-5-2-6(12-4-5)3-7(9)8(10)11/h2,4H,3H2,1H3,(H,10,11). The minimum atomic E-state index is -1.36. The lowest BCUT2D eigenvalue weighted by molar-refractivity contribution is -0.148. The predicted octanol–water partition coefficient (Wildman–Crippen LogP) is 1.25. The Morgan fingerprint density at radius 1 is 1.58 bits per heavy atom. The summed E-state index contributed by atoms with van der Waals surface area (Å²) in [4.78, 5) is 21.7. The first-order chi connectivity index (χ1) is 5.59. The van der Waals surface area contributed by atoms with E-state index in [9.17, 15) is 9.59 Å². The van der Waals surface area contributed by atoms with E-state index in [1.54, 1.807) is 0 Å². The van der Waals surface area contributed by atoms with Gasteiger partial charge in [-0.3, -0.25) is 4.79 Å². The highest BCUT2D eigenvalue weighted by Gasteiger charge is 2.12. The summed E-state index contributed by atoms with van der Waals surface area (Å²) < 4.78 is 0. The Morgan fingerprint density at radius 3 is 2.67 bits per heavy atom. The van der Waals surface area contributed by atoms with Crippen molar-refractivity contribution in [2.45, 2.75) is 13.3 Å². The first-order valence-electron chi connectivity index (χ1n) is 3.39. The molecule has 0 radical (unpaired) electrons. The quantitative estimate of drug-likeness (QED) is 0.719. The maximum absolute atomic E-state index is 10.7. The average Bonchev–Trinajstić information content (AvgIpc) is 2.35. The molecule has 0 spiro atoms. The van der Waals surface area contributed by atoms with Gasteiger partial charge in [-0.15, -0.1) is 11.3 Å². The fourth-order valence-electron chi connectivity index (χ4n) is 0.817. The molecular weight excluding hydrogens is 176 g/mol. The highest BCUT2D eigenvalue weighted by molar-refractivity contribution is 7.10. The average molecular weight is 184 g/mol. The lowest BCUT2D eigenvalue weighted by Gasteiger charge is -1.89. The maximum atomic E-state index is 10.7. The van der Waals surface area contributed by atoms with Crippen LogP contribution in [0, 0.1) is 6.92 Å². The van der Waals surface area contributed by atoms with Gasteiger partial charge < -0.3 is 5.11 Å². The van der Waals surface area contributed by atoms with Gasteiger partial charge in [0.15, 0.2) is 0 Å². The number of carboxylic acids is 1. The Balaban J connectivity index is 2.64. The van der Waals surface area contributed by atoms with Crippen molar-refractivity contribution in [3.8, 4) is 0 Å². The molecule has 1 aromatic heterocycles. The van der Waals surface area contributed by atoms with Gasteiger partial charge in [0, 0.05) is 4.88 Å².